The Morgan fingerprint density at radius 3 is 2.88 bits per heavy atom. The summed E-state index contributed by atoms with van der Waals surface area (Å²) in [4.78, 5) is 15.4. The van der Waals surface area contributed by atoms with Crippen LogP contribution < -0.4 is 10.1 Å². The monoisotopic (exact) mass is 222 g/mol. The van der Waals surface area contributed by atoms with E-state index in [0.717, 1.165) is 13.0 Å². The molecule has 88 valence electrons. The number of ether oxygens (including phenoxy) is 1. The van der Waals surface area contributed by atoms with Crippen molar-refractivity contribution in [3.05, 3.63) is 24.0 Å². The van der Waals surface area contributed by atoms with Gasteiger partial charge >= 0.3 is 0 Å². The summed E-state index contributed by atoms with van der Waals surface area (Å²) in [5.74, 6) is 0.769. The Balaban J connectivity index is 2.42. The molecule has 1 heterocycles. The van der Waals surface area contributed by atoms with Crippen LogP contribution in [0.5, 0.6) is 5.75 Å². The Morgan fingerprint density at radius 2 is 2.31 bits per heavy atom. The topological polar surface area (TPSA) is 51.2 Å². The predicted octanol–water partition coefficient (Wildman–Crippen LogP) is 1.66. The quantitative estimate of drug-likeness (QED) is 0.563. The van der Waals surface area contributed by atoms with E-state index in [1.54, 1.807) is 18.3 Å². The molecule has 0 amide bonds. The second-order valence-corrected chi connectivity index (χ2v) is 3.46. The van der Waals surface area contributed by atoms with Crippen molar-refractivity contribution in [3.8, 4) is 5.75 Å². The van der Waals surface area contributed by atoms with Crippen LogP contribution in [0, 0.1) is 0 Å². The molecule has 0 spiro atoms. The molecule has 4 nitrogen and oxygen atoms in total. The van der Waals surface area contributed by atoms with Crippen molar-refractivity contribution in [1.29, 1.82) is 0 Å². The largest absolute Gasteiger partial charge is 0.492 e. The fraction of sp³-hybridized carbons (Fsp3) is 0.500. The molecule has 0 atom stereocenters. The van der Waals surface area contributed by atoms with Crippen molar-refractivity contribution in [1.82, 2.24) is 10.3 Å². The van der Waals surface area contributed by atoms with Gasteiger partial charge in [0.1, 0.15) is 11.4 Å². The van der Waals surface area contributed by atoms with Gasteiger partial charge < -0.3 is 10.1 Å². The lowest BCUT2D eigenvalue weighted by Crippen LogP contribution is -2.11. The van der Waals surface area contributed by atoms with E-state index in [0.29, 0.717) is 24.5 Å². The van der Waals surface area contributed by atoms with E-state index in [4.69, 9.17) is 4.74 Å². The molecule has 0 aliphatic rings. The molecule has 0 fully saturated rings. The van der Waals surface area contributed by atoms with E-state index in [-0.39, 0.29) is 5.78 Å². The normalized spacial score (nSPS) is 10.1. The number of hydrogen-bond acceptors (Lipinski definition) is 4. The minimum absolute atomic E-state index is 0.0572. The molecule has 0 saturated heterocycles. The smallest absolute Gasteiger partial charge is 0.180 e. The van der Waals surface area contributed by atoms with E-state index in [9.17, 15) is 4.79 Å². The third kappa shape index (κ3) is 3.98. The van der Waals surface area contributed by atoms with E-state index in [1.165, 1.54) is 0 Å². The first-order valence-corrected chi connectivity index (χ1v) is 5.54. The van der Waals surface area contributed by atoms with Crippen molar-refractivity contribution >= 4 is 5.78 Å². The SMILES string of the molecule is CCC(=O)c1ccc(OCCCNC)cn1. The summed E-state index contributed by atoms with van der Waals surface area (Å²) in [6.07, 6.45) is 3.03. The zero-order valence-corrected chi connectivity index (χ0v) is 9.82. The van der Waals surface area contributed by atoms with Crippen molar-refractivity contribution in [3.63, 3.8) is 0 Å². The van der Waals surface area contributed by atoms with Gasteiger partial charge in [0.05, 0.1) is 12.8 Å². The van der Waals surface area contributed by atoms with Gasteiger partial charge in [0.25, 0.3) is 0 Å². The zero-order chi connectivity index (χ0) is 11.8. The Morgan fingerprint density at radius 1 is 1.50 bits per heavy atom. The average molecular weight is 222 g/mol. The number of ketones is 1. The Bertz CT molecular complexity index is 322. The van der Waals surface area contributed by atoms with Crippen LogP contribution in [0.3, 0.4) is 0 Å². The van der Waals surface area contributed by atoms with E-state index >= 15 is 0 Å². The molecule has 1 aromatic heterocycles. The highest BCUT2D eigenvalue weighted by molar-refractivity contribution is 5.93. The van der Waals surface area contributed by atoms with Crippen molar-refractivity contribution < 1.29 is 9.53 Å². The summed E-state index contributed by atoms with van der Waals surface area (Å²) in [6.45, 7) is 3.41. The molecular formula is C12H18N2O2. The molecule has 0 saturated carbocycles. The molecule has 16 heavy (non-hydrogen) atoms. The van der Waals surface area contributed by atoms with Gasteiger partial charge in [-0.25, -0.2) is 4.98 Å². The molecule has 4 heteroatoms. The minimum atomic E-state index is 0.0572. The van der Waals surface area contributed by atoms with Crippen LogP contribution in [0.15, 0.2) is 18.3 Å². The molecule has 0 aliphatic heterocycles. The van der Waals surface area contributed by atoms with Gasteiger partial charge in [0, 0.05) is 6.42 Å². The van der Waals surface area contributed by atoms with Crippen molar-refractivity contribution in [2.75, 3.05) is 20.2 Å². The first kappa shape index (κ1) is 12.6. The maximum Gasteiger partial charge on any atom is 0.180 e. The molecule has 1 aromatic rings. The molecule has 1 rings (SSSR count). The summed E-state index contributed by atoms with van der Waals surface area (Å²) in [5.41, 5.74) is 0.505. The molecule has 0 bridgehead atoms. The molecule has 0 radical (unpaired) electrons. The van der Waals surface area contributed by atoms with Gasteiger partial charge in [-0.15, -0.1) is 0 Å². The van der Waals surface area contributed by atoms with E-state index in [2.05, 4.69) is 10.3 Å². The van der Waals surface area contributed by atoms with Gasteiger partial charge in [-0.1, -0.05) is 6.92 Å². The van der Waals surface area contributed by atoms with Gasteiger partial charge in [-0.05, 0) is 32.1 Å². The van der Waals surface area contributed by atoms with Crippen molar-refractivity contribution in [2.45, 2.75) is 19.8 Å². The Hall–Kier alpha value is -1.42. The second kappa shape index (κ2) is 6.95. The number of carbonyl (C=O) groups excluding carboxylic acids is 1. The van der Waals surface area contributed by atoms with Crippen LogP contribution >= 0.6 is 0 Å². The number of aromatic nitrogens is 1. The first-order valence-electron chi connectivity index (χ1n) is 5.54. The van der Waals surface area contributed by atoms with E-state index < -0.39 is 0 Å². The zero-order valence-electron chi connectivity index (χ0n) is 9.82. The van der Waals surface area contributed by atoms with Crippen LogP contribution in [-0.4, -0.2) is 31.0 Å². The van der Waals surface area contributed by atoms with Crippen LogP contribution in [-0.2, 0) is 0 Å². The van der Waals surface area contributed by atoms with Crippen LogP contribution in [0.4, 0.5) is 0 Å². The number of nitrogens with one attached hydrogen (secondary N) is 1. The van der Waals surface area contributed by atoms with Gasteiger partial charge in [-0.2, -0.15) is 0 Å². The highest BCUT2D eigenvalue weighted by Crippen LogP contribution is 2.10. The van der Waals surface area contributed by atoms with Gasteiger partial charge in [0.15, 0.2) is 5.78 Å². The molecule has 1 N–H and O–H groups in total. The fourth-order valence-electron chi connectivity index (χ4n) is 1.25. The highest BCUT2D eigenvalue weighted by Gasteiger charge is 2.04. The molecule has 0 aromatic carbocycles. The Kier molecular flexibility index (Phi) is 5.50. The predicted molar refractivity (Wildman–Crippen MR) is 62.9 cm³/mol. The maximum atomic E-state index is 11.3. The average Bonchev–Trinajstić information content (AvgIpc) is 2.34. The summed E-state index contributed by atoms with van der Waals surface area (Å²) in [7, 11) is 1.91. The highest BCUT2D eigenvalue weighted by atomic mass is 16.5. The standard InChI is InChI=1S/C12H18N2O2/c1-3-12(15)11-6-5-10(9-14-11)16-8-4-7-13-2/h5-6,9,13H,3-4,7-8H2,1-2H3. The fourth-order valence-corrected chi connectivity index (χ4v) is 1.25. The second-order valence-electron chi connectivity index (χ2n) is 3.46. The molecular weight excluding hydrogens is 204 g/mol. The lowest BCUT2D eigenvalue weighted by molar-refractivity contribution is 0.0983. The van der Waals surface area contributed by atoms with E-state index in [1.807, 2.05) is 14.0 Å². The number of carbonyl (C=O) groups is 1. The first-order chi connectivity index (χ1) is 7.77. The number of pyridine rings is 1. The Labute approximate surface area is 96.0 Å². The minimum Gasteiger partial charge on any atom is -0.492 e. The third-order valence-corrected chi connectivity index (χ3v) is 2.18. The summed E-state index contributed by atoms with van der Waals surface area (Å²) < 4.78 is 5.46. The summed E-state index contributed by atoms with van der Waals surface area (Å²) in [6, 6.07) is 3.49. The van der Waals surface area contributed by atoms with Crippen LogP contribution in [0.25, 0.3) is 0 Å². The molecule has 0 unspecified atom stereocenters. The maximum absolute atomic E-state index is 11.3. The van der Waals surface area contributed by atoms with Gasteiger partial charge in [0.2, 0.25) is 0 Å². The number of hydrogen-bond donors (Lipinski definition) is 1. The third-order valence-electron chi connectivity index (χ3n) is 2.18. The number of Topliss-reactive ketones (excluding diaryl/α,β-unsaturated/α-hetero) is 1. The number of nitrogens with zero attached hydrogens (tertiary/aromatic N) is 1. The van der Waals surface area contributed by atoms with Gasteiger partial charge in [-0.3, -0.25) is 4.79 Å². The molecule has 0 aliphatic carbocycles. The summed E-state index contributed by atoms with van der Waals surface area (Å²) >= 11 is 0. The lowest BCUT2D eigenvalue weighted by Gasteiger charge is -2.05. The summed E-state index contributed by atoms with van der Waals surface area (Å²) in [5, 5.41) is 3.05. The van der Waals surface area contributed by atoms with Crippen molar-refractivity contribution in [2.24, 2.45) is 0 Å². The van der Waals surface area contributed by atoms with Crippen LogP contribution in [0.1, 0.15) is 30.3 Å². The lowest BCUT2D eigenvalue weighted by atomic mass is 10.2. The number of rotatable bonds is 7. The van der Waals surface area contributed by atoms with Crippen LogP contribution in [0.2, 0.25) is 0 Å².